The summed E-state index contributed by atoms with van der Waals surface area (Å²) in [6.07, 6.45) is 0. The Balaban J connectivity index is 2.32. The topological polar surface area (TPSA) is 50.4 Å². The summed E-state index contributed by atoms with van der Waals surface area (Å²) in [6, 6.07) is 7.91. The Hall–Kier alpha value is -1.39. The lowest BCUT2D eigenvalue weighted by molar-refractivity contribution is -0.115. The fourth-order valence-corrected chi connectivity index (χ4v) is 1.53. The highest BCUT2D eigenvalue weighted by atomic mass is 16.5. The summed E-state index contributed by atoms with van der Waals surface area (Å²) in [4.78, 5) is 11.7. The number of amides is 1. The zero-order valence-electron chi connectivity index (χ0n) is 11.3. The van der Waals surface area contributed by atoms with Crippen molar-refractivity contribution in [2.24, 2.45) is 0 Å². The molecule has 0 fully saturated rings. The third-order valence-corrected chi connectivity index (χ3v) is 2.60. The Morgan fingerprint density at radius 3 is 2.78 bits per heavy atom. The molecule has 0 aliphatic heterocycles. The summed E-state index contributed by atoms with van der Waals surface area (Å²) in [7, 11) is 0. The van der Waals surface area contributed by atoms with Crippen molar-refractivity contribution in [2.75, 3.05) is 25.1 Å². The standard InChI is InChI=1S/C14H22N2O2/c1-4-18-10-12(3)15-9-14(17)16-13-8-6-5-7-11(13)2/h5-8,12,15H,4,9-10H2,1-3H3,(H,16,17). The van der Waals surface area contributed by atoms with Gasteiger partial charge in [-0.05, 0) is 32.4 Å². The van der Waals surface area contributed by atoms with E-state index in [0.29, 0.717) is 19.8 Å². The van der Waals surface area contributed by atoms with Crippen LogP contribution in [0.3, 0.4) is 0 Å². The van der Waals surface area contributed by atoms with E-state index in [1.165, 1.54) is 0 Å². The van der Waals surface area contributed by atoms with Gasteiger partial charge in [0.05, 0.1) is 13.2 Å². The Bertz CT molecular complexity index is 380. The van der Waals surface area contributed by atoms with E-state index in [0.717, 1.165) is 11.3 Å². The summed E-state index contributed by atoms with van der Waals surface area (Å²) >= 11 is 0. The van der Waals surface area contributed by atoms with Crippen molar-refractivity contribution in [3.63, 3.8) is 0 Å². The van der Waals surface area contributed by atoms with Gasteiger partial charge >= 0.3 is 0 Å². The van der Waals surface area contributed by atoms with Gasteiger partial charge < -0.3 is 15.4 Å². The summed E-state index contributed by atoms with van der Waals surface area (Å²) < 4.78 is 5.27. The van der Waals surface area contributed by atoms with Gasteiger partial charge in [-0.2, -0.15) is 0 Å². The first-order valence-corrected chi connectivity index (χ1v) is 6.30. The summed E-state index contributed by atoms with van der Waals surface area (Å²) in [5.74, 6) is -0.0346. The van der Waals surface area contributed by atoms with Crippen molar-refractivity contribution in [2.45, 2.75) is 26.8 Å². The van der Waals surface area contributed by atoms with Crippen molar-refractivity contribution in [3.8, 4) is 0 Å². The van der Waals surface area contributed by atoms with Crippen molar-refractivity contribution < 1.29 is 9.53 Å². The molecule has 0 saturated heterocycles. The number of aryl methyl sites for hydroxylation is 1. The number of nitrogens with one attached hydrogen (secondary N) is 2. The molecular weight excluding hydrogens is 228 g/mol. The second-order valence-corrected chi connectivity index (χ2v) is 4.30. The number of rotatable bonds is 7. The third kappa shape index (κ3) is 5.29. The highest BCUT2D eigenvalue weighted by Crippen LogP contribution is 2.12. The molecule has 0 spiro atoms. The number of para-hydroxylation sites is 1. The fraction of sp³-hybridized carbons (Fsp3) is 0.500. The lowest BCUT2D eigenvalue weighted by Crippen LogP contribution is -2.37. The molecule has 0 aliphatic rings. The van der Waals surface area contributed by atoms with Crippen LogP contribution < -0.4 is 10.6 Å². The second kappa shape index (κ2) is 7.84. The fourth-order valence-electron chi connectivity index (χ4n) is 1.53. The van der Waals surface area contributed by atoms with Crippen LogP contribution in [0.25, 0.3) is 0 Å². The first-order chi connectivity index (χ1) is 8.63. The quantitative estimate of drug-likeness (QED) is 0.777. The van der Waals surface area contributed by atoms with Gasteiger partial charge in [0.15, 0.2) is 0 Å². The summed E-state index contributed by atoms with van der Waals surface area (Å²) in [6.45, 7) is 7.53. The molecule has 1 amide bonds. The largest absolute Gasteiger partial charge is 0.380 e. The molecule has 4 nitrogen and oxygen atoms in total. The monoisotopic (exact) mass is 250 g/mol. The first kappa shape index (κ1) is 14.7. The molecule has 1 unspecified atom stereocenters. The van der Waals surface area contributed by atoms with Crippen molar-refractivity contribution in [3.05, 3.63) is 29.8 Å². The lowest BCUT2D eigenvalue weighted by atomic mass is 10.2. The van der Waals surface area contributed by atoms with Gasteiger partial charge in [-0.1, -0.05) is 18.2 Å². The maximum atomic E-state index is 11.7. The maximum Gasteiger partial charge on any atom is 0.238 e. The number of anilines is 1. The minimum atomic E-state index is -0.0346. The molecule has 4 heteroatoms. The van der Waals surface area contributed by atoms with Crippen LogP contribution in [0.1, 0.15) is 19.4 Å². The van der Waals surface area contributed by atoms with E-state index in [4.69, 9.17) is 4.74 Å². The predicted molar refractivity (Wildman–Crippen MR) is 73.8 cm³/mol. The van der Waals surface area contributed by atoms with Crippen molar-refractivity contribution in [1.29, 1.82) is 0 Å². The van der Waals surface area contributed by atoms with E-state index < -0.39 is 0 Å². The zero-order valence-corrected chi connectivity index (χ0v) is 11.3. The number of carbonyl (C=O) groups is 1. The minimum absolute atomic E-state index is 0.0346. The summed E-state index contributed by atoms with van der Waals surface area (Å²) in [5, 5.41) is 6.00. The van der Waals surface area contributed by atoms with Gasteiger partial charge in [0.1, 0.15) is 0 Å². The number of hydrogen-bond donors (Lipinski definition) is 2. The highest BCUT2D eigenvalue weighted by Gasteiger charge is 2.06. The van der Waals surface area contributed by atoms with Gasteiger partial charge in [-0.3, -0.25) is 4.79 Å². The molecule has 0 heterocycles. The van der Waals surface area contributed by atoms with E-state index in [1.54, 1.807) is 0 Å². The number of ether oxygens (including phenoxy) is 1. The zero-order chi connectivity index (χ0) is 13.4. The Morgan fingerprint density at radius 2 is 2.11 bits per heavy atom. The van der Waals surface area contributed by atoms with Crippen LogP contribution in [0.2, 0.25) is 0 Å². The molecule has 0 radical (unpaired) electrons. The number of benzene rings is 1. The first-order valence-electron chi connectivity index (χ1n) is 6.30. The molecule has 18 heavy (non-hydrogen) atoms. The van der Waals surface area contributed by atoms with E-state index in [1.807, 2.05) is 45.0 Å². The molecule has 1 atom stereocenters. The molecule has 2 N–H and O–H groups in total. The van der Waals surface area contributed by atoms with Crippen LogP contribution in [0.4, 0.5) is 5.69 Å². The molecular formula is C14H22N2O2. The normalized spacial score (nSPS) is 12.2. The Labute approximate surface area is 109 Å². The van der Waals surface area contributed by atoms with Crippen LogP contribution in [-0.2, 0) is 9.53 Å². The van der Waals surface area contributed by atoms with Gasteiger partial charge in [-0.25, -0.2) is 0 Å². The molecule has 0 saturated carbocycles. The Morgan fingerprint density at radius 1 is 1.39 bits per heavy atom. The van der Waals surface area contributed by atoms with Gasteiger partial charge in [0.25, 0.3) is 0 Å². The highest BCUT2D eigenvalue weighted by molar-refractivity contribution is 5.92. The second-order valence-electron chi connectivity index (χ2n) is 4.30. The van der Waals surface area contributed by atoms with Gasteiger partial charge in [0, 0.05) is 18.3 Å². The van der Waals surface area contributed by atoms with Gasteiger partial charge in [0.2, 0.25) is 5.91 Å². The Kier molecular flexibility index (Phi) is 6.39. The van der Waals surface area contributed by atoms with Crippen LogP contribution in [-0.4, -0.2) is 31.7 Å². The molecule has 1 aromatic rings. The van der Waals surface area contributed by atoms with E-state index >= 15 is 0 Å². The molecule has 100 valence electrons. The number of hydrogen-bond acceptors (Lipinski definition) is 3. The molecule has 0 bridgehead atoms. The van der Waals surface area contributed by atoms with E-state index in [2.05, 4.69) is 10.6 Å². The van der Waals surface area contributed by atoms with Crippen molar-refractivity contribution in [1.82, 2.24) is 5.32 Å². The van der Waals surface area contributed by atoms with Crippen LogP contribution in [0.15, 0.2) is 24.3 Å². The third-order valence-electron chi connectivity index (χ3n) is 2.60. The molecule has 0 aromatic heterocycles. The minimum Gasteiger partial charge on any atom is -0.380 e. The lowest BCUT2D eigenvalue weighted by Gasteiger charge is -2.14. The van der Waals surface area contributed by atoms with Crippen LogP contribution in [0.5, 0.6) is 0 Å². The smallest absolute Gasteiger partial charge is 0.238 e. The molecule has 0 aliphatic carbocycles. The van der Waals surface area contributed by atoms with Gasteiger partial charge in [-0.15, -0.1) is 0 Å². The average Bonchev–Trinajstić information content (AvgIpc) is 2.36. The van der Waals surface area contributed by atoms with Crippen LogP contribution >= 0.6 is 0 Å². The van der Waals surface area contributed by atoms with Crippen molar-refractivity contribution >= 4 is 11.6 Å². The molecule has 1 aromatic carbocycles. The van der Waals surface area contributed by atoms with E-state index in [9.17, 15) is 4.79 Å². The molecule has 1 rings (SSSR count). The summed E-state index contributed by atoms with van der Waals surface area (Å²) in [5.41, 5.74) is 1.93. The number of carbonyl (C=O) groups excluding carboxylic acids is 1. The average molecular weight is 250 g/mol. The maximum absolute atomic E-state index is 11.7. The predicted octanol–water partition coefficient (Wildman–Crippen LogP) is 1.95. The van der Waals surface area contributed by atoms with E-state index in [-0.39, 0.29) is 11.9 Å². The van der Waals surface area contributed by atoms with Crippen LogP contribution in [0, 0.1) is 6.92 Å². The SMILES string of the molecule is CCOCC(C)NCC(=O)Nc1ccccc1C.